The summed E-state index contributed by atoms with van der Waals surface area (Å²) in [5.74, 6) is 0.659. The predicted octanol–water partition coefficient (Wildman–Crippen LogP) is 8.47. The molecule has 0 aromatic heterocycles. The molecule has 0 bridgehead atoms. The van der Waals surface area contributed by atoms with E-state index in [2.05, 4.69) is 94.4 Å². The van der Waals surface area contributed by atoms with Gasteiger partial charge in [0.1, 0.15) is 0 Å². The van der Waals surface area contributed by atoms with Gasteiger partial charge in [-0.1, -0.05) is 138 Å². The maximum absolute atomic E-state index is 2.20. The van der Waals surface area contributed by atoms with Crippen LogP contribution in [0.5, 0.6) is 0 Å². The van der Waals surface area contributed by atoms with Crippen molar-refractivity contribution in [3.63, 3.8) is 0 Å². The third-order valence-electron chi connectivity index (χ3n) is 3.79. The summed E-state index contributed by atoms with van der Waals surface area (Å²) in [6.45, 7) is 12.7. The zero-order valence-corrected chi connectivity index (χ0v) is 18.2. The van der Waals surface area contributed by atoms with E-state index in [1.165, 1.54) is 29.5 Å². The van der Waals surface area contributed by atoms with Crippen molar-refractivity contribution in [2.45, 2.75) is 60.3 Å². The summed E-state index contributed by atoms with van der Waals surface area (Å²) in [5, 5.41) is 0. The van der Waals surface area contributed by atoms with Gasteiger partial charge >= 0.3 is 0 Å². The average molecular weight is 363 g/mol. The van der Waals surface area contributed by atoms with Crippen LogP contribution in [0.4, 0.5) is 0 Å². The van der Waals surface area contributed by atoms with E-state index in [1.807, 2.05) is 38.1 Å². The van der Waals surface area contributed by atoms with Crippen molar-refractivity contribution < 1.29 is 0 Å². The molecular formula is C27H38. The highest BCUT2D eigenvalue weighted by atomic mass is 14.0. The first-order chi connectivity index (χ1) is 13.1. The molecule has 0 amide bonds. The van der Waals surface area contributed by atoms with E-state index < -0.39 is 0 Å². The van der Waals surface area contributed by atoms with Crippen LogP contribution in [-0.4, -0.2) is 0 Å². The van der Waals surface area contributed by atoms with Crippen LogP contribution in [0.1, 0.15) is 63.6 Å². The first kappa shape index (κ1) is 24.7. The standard InChI is InChI=1S/2C9H12.C7H8.C2H6/c1-8(2)9-6-4-3-5-7-9;1-2-6-9-7-4-3-5-8-9;1-7-5-3-2-4-6-7;1-2/h3-8H,1-2H3;3-5,7-8H,2,6H2,1H3;2-6H,1H3;1-2H3. The van der Waals surface area contributed by atoms with Gasteiger partial charge in [0.15, 0.2) is 0 Å². The molecule has 0 heteroatoms. The average Bonchev–Trinajstić information content (AvgIpc) is 2.73. The fourth-order valence-electron chi connectivity index (χ4n) is 2.31. The van der Waals surface area contributed by atoms with Crippen LogP contribution in [0.2, 0.25) is 0 Å². The number of rotatable bonds is 3. The second-order valence-electron chi connectivity index (χ2n) is 6.46. The summed E-state index contributed by atoms with van der Waals surface area (Å²) in [5.41, 5.74) is 4.18. The Labute approximate surface area is 168 Å². The Kier molecular flexibility index (Phi) is 15.6. The largest absolute Gasteiger partial charge is 0.0683 e. The van der Waals surface area contributed by atoms with E-state index in [9.17, 15) is 0 Å². The number of aryl methyl sites for hydroxylation is 2. The monoisotopic (exact) mass is 362 g/mol. The molecule has 0 aliphatic carbocycles. The SMILES string of the molecule is CC.CC(C)c1ccccc1.CCCc1ccccc1.Cc1ccccc1. The molecule has 3 aromatic rings. The Morgan fingerprint density at radius 1 is 0.630 bits per heavy atom. The fraction of sp³-hybridized carbons (Fsp3) is 0.333. The Balaban J connectivity index is 0.000000361. The van der Waals surface area contributed by atoms with Crippen LogP contribution in [0.15, 0.2) is 91.0 Å². The second kappa shape index (κ2) is 17.1. The molecule has 0 radical (unpaired) electrons. The van der Waals surface area contributed by atoms with Crippen molar-refractivity contribution in [1.29, 1.82) is 0 Å². The maximum atomic E-state index is 2.20. The maximum Gasteiger partial charge on any atom is -0.0219 e. The van der Waals surface area contributed by atoms with E-state index in [-0.39, 0.29) is 0 Å². The van der Waals surface area contributed by atoms with Gasteiger partial charge in [-0.25, -0.2) is 0 Å². The molecule has 0 aliphatic rings. The van der Waals surface area contributed by atoms with E-state index in [0.717, 1.165) is 0 Å². The zero-order chi connectivity index (χ0) is 20.3. The molecule has 0 heterocycles. The normalized spacial score (nSPS) is 9.00. The topological polar surface area (TPSA) is 0 Å². The summed E-state index contributed by atoms with van der Waals surface area (Å²) in [7, 11) is 0. The van der Waals surface area contributed by atoms with E-state index >= 15 is 0 Å². The lowest BCUT2D eigenvalue weighted by Gasteiger charge is -2.01. The highest BCUT2D eigenvalue weighted by Gasteiger charge is 1.93. The van der Waals surface area contributed by atoms with Crippen LogP contribution in [0, 0.1) is 6.92 Å². The zero-order valence-electron chi connectivity index (χ0n) is 18.2. The molecular weight excluding hydrogens is 324 g/mol. The predicted molar refractivity (Wildman–Crippen MR) is 123 cm³/mol. The van der Waals surface area contributed by atoms with Crippen molar-refractivity contribution in [3.8, 4) is 0 Å². The van der Waals surface area contributed by atoms with Crippen molar-refractivity contribution in [1.82, 2.24) is 0 Å². The Bertz CT molecular complexity index is 639. The lowest BCUT2D eigenvalue weighted by atomic mass is 10.0. The van der Waals surface area contributed by atoms with E-state index in [1.54, 1.807) is 0 Å². The number of benzene rings is 3. The highest BCUT2D eigenvalue weighted by Crippen LogP contribution is 2.11. The number of hydrogen-bond acceptors (Lipinski definition) is 0. The lowest BCUT2D eigenvalue weighted by molar-refractivity contribution is 0.867. The van der Waals surface area contributed by atoms with Crippen molar-refractivity contribution >= 4 is 0 Å². The molecule has 3 rings (SSSR count). The first-order valence-electron chi connectivity index (χ1n) is 10.2. The highest BCUT2D eigenvalue weighted by molar-refractivity contribution is 5.17. The van der Waals surface area contributed by atoms with Gasteiger partial charge in [-0.05, 0) is 30.4 Å². The van der Waals surface area contributed by atoms with Crippen LogP contribution < -0.4 is 0 Å². The Morgan fingerprint density at radius 2 is 1.04 bits per heavy atom. The molecule has 27 heavy (non-hydrogen) atoms. The molecule has 146 valence electrons. The summed E-state index contributed by atoms with van der Waals surface area (Å²) in [6.07, 6.45) is 2.45. The van der Waals surface area contributed by atoms with Gasteiger partial charge in [0.05, 0.1) is 0 Å². The van der Waals surface area contributed by atoms with Gasteiger partial charge in [-0.15, -0.1) is 0 Å². The summed E-state index contributed by atoms with van der Waals surface area (Å²) in [4.78, 5) is 0. The van der Waals surface area contributed by atoms with Crippen LogP contribution in [0.3, 0.4) is 0 Å². The van der Waals surface area contributed by atoms with Gasteiger partial charge in [0, 0.05) is 0 Å². The van der Waals surface area contributed by atoms with Gasteiger partial charge in [0.25, 0.3) is 0 Å². The van der Waals surface area contributed by atoms with Gasteiger partial charge < -0.3 is 0 Å². The van der Waals surface area contributed by atoms with E-state index in [4.69, 9.17) is 0 Å². The molecule has 0 saturated carbocycles. The molecule has 0 fully saturated rings. The third kappa shape index (κ3) is 13.5. The van der Waals surface area contributed by atoms with Crippen LogP contribution in [0.25, 0.3) is 0 Å². The minimum Gasteiger partial charge on any atom is -0.0683 e. The van der Waals surface area contributed by atoms with Crippen molar-refractivity contribution in [2.24, 2.45) is 0 Å². The van der Waals surface area contributed by atoms with Crippen molar-refractivity contribution in [3.05, 3.63) is 108 Å². The molecule has 3 aromatic carbocycles. The van der Waals surface area contributed by atoms with Gasteiger partial charge in [0.2, 0.25) is 0 Å². The summed E-state index contributed by atoms with van der Waals surface area (Å²) in [6, 6.07) is 31.4. The molecule has 0 unspecified atom stereocenters. The van der Waals surface area contributed by atoms with Crippen LogP contribution in [-0.2, 0) is 6.42 Å². The first-order valence-corrected chi connectivity index (χ1v) is 10.2. The van der Waals surface area contributed by atoms with Crippen molar-refractivity contribution in [2.75, 3.05) is 0 Å². The second-order valence-corrected chi connectivity index (χ2v) is 6.46. The third-order valence-corrected chi connectivity index (χ3v) is 3.79. The number of hydrogen-bond donors (Lipinski definition) is 0. The molecule has 0 saturated heterocycles. The fourth-order valence-corrected chi connectivity index (χ4v) is 2.31. The van der Waals surface area contributed by atoms with Crippen LogP contribution >= 0.6 is 0 Å². The Morgan fingerprint density at radius 3 is 1.33 bits per heavy atom. The van der Waals surface area contributed by atoms with E-state index in [0.29, 0.717) is 5.92 Å². The minimum absolute atomic E-state index is 0.659. The molecule has 0 nitrogen and oxygen atoms in total. The Hall–Kier alpha value is -2.34. The van der Waals surface area contributed by atoms with Gasteiger partial charge in [-0.2, -0.15) is 0 Å². The molecule has 0 spiro atoms. The minimum atomic E-state index is 0.659. The molecule has 0 N–H and O–H groups in total. The molecule has 0 aliphatic heterocycles. The lowest BCUT2D eigenvalue weighted by Crippen LogP contribution is -1.83. The quantitative estimate of drug-likeness (QED) is 0.438. The van der Waals surface area contributed by atoms with Gasteiger partial charge in [-0.3, -0.25) is 0 Å². The molecule has 0 atom stereocenters. The summed E-state index contributed by atoms with van der Waals surface area (Å²) < 4.78 is 0. The summed E-state index contributed by atoms with van der Waals surface area (Å²) >= 11 is 0. The smallest absolute Gasteiger partial charge is 0.0219 e.